The summed E-state index contributed by atoms with van der Waals surface area (Å²) in [6, 6.07) is 9.89. The Labute approximate surface area is 169 Å². The van der Waals surface area contributed by atoms with Crippen molar-refractivity contribution in [3.05, 3.63) is 71.5 Å². The first-order valence-corrected chi connectivity index (χ1v) is 9.98. The second kappa shape index (κ2) is 7.52. The number of pyridine rings is 2. The highest BCUT2D eigenvalue weighted by atomic mass is 35.5. The maximum absolute atomic E-state index is 6.40. The number of hydrogen-bond acceptors (Lipinski definition) is 6. The molecule has 4 nitrogen and oxygen atoms in total. The lowest BCUT2D eigenvalue weighted by molar-refractivity contribution is 1.31. The molecule has 0 N–H and O–H groups in total. The largest absolute Gasteiger partial charge is 0.264 e. The molecule has 0 aliphatic carbocycles. The van der Waals surface area contributed by atoms with E-state index in [9.17, 15) is 0 Å². The molecule has 4 rings (SSSR count). The average molecular weight is 409 g/mol. The molecule has 0 fully saturated rings. The Morgan fingerprint density at radius 2 is 2.07 bits per heavy atom. The van der Waals surface area contributed by atoms with E-state index in [2.05, 4.69) is 34.3 Å². The fraction of sp³-hybridized carbons (Fsp3) is 0. The van der Waals surface area contributed by atoms with Crippen LogP contribution in [0.25, 0.3) is 37.1 Å². The SMILES string of the molecule is C=C/C=C(\N=C)c1cc2ccc(-c3sc(-c4cccnc4)nc3Cl)nc2s1. The molecule has 4 aromatic rings. The average Bonchev–Trinajstić information content (AvgIpc) is 3.29. The Balaban J connectivity index is 1.77. The van der Waals surface area contributed by atoms with Gasteiger partial charge in [0.05, 0.1) is 21.1 Å². The lowest BCUT2D eigenvalue weighted by atomic mass is 10.2. The summed E-state index contributed by atoms with van der Waals surface area (Å²) < 4.78 is 0. The Hall–Kier alpha value is -2.67. The van der Waals surface area contributed by atoms with E-state index in [1.807, 2.05) is 30.3 Å². The van der Waals surface area contributed by atoms with Gasteiger partial charge in [0.15, 0.2) is 0 Å². The maximum Gasteiger partial charge on any atom is 0.150 e. The van der Waals surface area contributed by atoms with E-state index in [1.54, 1.807) is 29.8 Å². The van der Waals surface area contributed by atoms with E-state index in [-0.39, 0.29) is 0 Å². The molecule has 7 heteroatoms. The fourth-order valence-electron chi connectivity index (χ4n) is 2.57. The molecule has 0 spiro atoms. The lowest BCUT2D eigenvalue weighted by Gasteiger charge is -1.97. The molecule has 132 valence electrons. The van der Waals surface area contributed by atoms with Crippen molar-refractivity contribution < 1.29 is 0 Å². The van der Waals surface area contributed by atoms with Crippen molar-refractivity contribution in [2.75, 3.05) is 0 Å². The first-order valence-electron chi connectivity index (χ1n) is 7.97. The number of hydrogen-bond donors (Lipinski definition) is 0. The van der Waals surface area contributed by atoms with Crippen LogP contribution in [-0.4, -0.2) is 21.7 Å². The van der Waals surface area contributed by atoms with Crippen LogP contribution in [0.4, 0.5) is 0 Å². The highest BCUT2D eigenvalue weighted by Gasteiger charge is 2.15. The summed E-state index contributed by atoms with van der Waals surface area (Å²) in [4.78, 5) is 20.2. The molecule has 4 aromatic heterocycles. The minimum atomic E-state index is 0.447. The zero-order valence-corrected chi connectivity index (χ0v) is 16.5. The summed E-state index contributed by atoms with van der Waals surface area (Å²) >= 11 is 9.46. The Morgan fingerprint density at radius 1 is 1.19 bits per heavy atom. The third kappa shape index (κ3) is 3.47. The molecular weight excluding hydrogens is 396 g/mol. The van der Waals surface area contributed by atoms with Gasteiger partial charge in [-0.15, -0.1) is 22.7 Å². The molecule has 0 saturated carbocycles. The minimum absolute atomic E-state index is 0.447. The number of aromatic nitrogens is 3. The molecule has 0 amide bonds. The second-order valence-corrected chi connectivity index (χ2v) is 7.92. The van der Waals surface area contributed by atoms with Crippen LogP contribution >= 0.6 is 34.3 Å². The van der Waals surface area contributed by atoms with Crippen LogP contribution < -0.4 is 0 Å². The quantitative estimate of drug-likeness (QED) is 0.285. The van der Waals surface area contributed by atoms with Crippen molar-refractivity contribution in [1.29, 1.82) is 0 Å². The number of rotatable bonds is 5. The first kappa shape index (κ1) is 17.7. The molecule has 0 aliphatic rings. The van der Waals surface area contributed by atoms with Gasteiger partial charge >= 0.3 is 0 Å². The number of thiazole rings is 1. The van der Waals surface area contributed by atoms with Crippen LogP contribution in [0.5, 0.6) is 0 Å². The van der Waals surface area contributed by atoms with Crippen LogP contribution in [0.15, 0.2) is 66.4 Å². The van der Waals surface area contributed by atoms with Crippen LogP contribution in [0.1, 0.15) is 4.88 Å². The normalized spacial score (nSPS) is 11.7. The Bertz CT molecular complexity index is 1180. The monoisotopic (exact) mass is 408 g/mol. The molecule has 27 heavy (non-hydrogen) atoms. The predicted molar refractivity (Wildman–Crippen MR) is 117 cm³/mol. The van der Waals surface area contributed by atoms with Gasteiger partial charge in [0.25, 0.3) is 0 Å². The topological polar surface area (TPSA) is 51.0 Å². The van der Waals surface area contributed by atoms with Gasteiger partial charge < -0.3 is 0 Å². The van der Waals surface area contributed by atoms with Crippen molar-refractivity contribution >= 4 is 56.9 Å². The van der Waals surface area contributed by atoms with Crippen LogP contribution in [-0.2, 0) is 0 Å². The highest BCUT2D eigenvalue weighted by Crippen LogP contribution is 2.39. The molecule has 4 heterocycles. The fourth-order valence-corrected chi connectivity index (χ4v) is 4.85. The summed E-state index contributed by atoms with van der Waals surface area (Å²) in [6.07, 6.45) is 7.04. The van der Waals surface area contributed by atoms with E-state index in [0.717, 1.165) is 41.9 Å². The number of nitrogens with zero attached hydrogens (tertiary/aromatic N) is 4. The van der Waals surface area contributed by atoms with Crippen LogP contribution in [0.3, 0.4) is 0 Å². The first-order chi connectivity index (χ1) is 13.2. The van der Waals surface area contributed by atoms with E-state index in [4.69, 9.17) is 16.6 Å². The van der Waals surface area contributed by atoms with Gasteiger partial charge in [0, 0.05) is 23.3 Å². The molecule has 0 aromatic carbocycles. The third-order valence-electron chi connectivity index (χ3n) is 3.81. The van der Waals surface area contributed by atoms with E-state index < -0.39 is 0 Å². The van der Waals surface area contributed by atoms with Crippen molar-refractivity contribution in [2.24, 2.45) is 4.99 Å². The Morgan fingerprint density at radius 3 is 2.81 bits per heavy atom. The number of thiophene rings is 1. The predicted octanol–water partition coefficient (Wildman–Crippen LogP) is 6.36. The lowest BCUT2D eigenvalue weighted by Crippen LogP contribution is -1.79. The molecule has 0 aliphatic heterocycles. The third-order valence-corrected chi connectivity index (χ3v) is 6.39. The smallest absolute Gasteiger partial charge is 0.150 e. The molecular formula is C20H13ClN4S2. The summed E-state index contributed by atoms with van der Waals surface area (Å²) in [5.41, 5.74) is 2.52. The number of aliphatic imine (C=N–C) groups is 1. The van der Waals surface area contributed by atoms with Crippen LogP contribution in [0.2, 0.25) is 5.15 Å². The standard InChI is InChI=1S/C20H13ClN4S2/c1-3-5-14(22-2)16-10-12-7-8-15(24-19(12)26-16)17-18(21)25-20(27-17)13-6-4-9-23-11-13/h3-11H,1-2H2/b14-5-. The summed E-state index contributed by atoms with van der Waals surface area (Å²) in [5, 5.41) is 2.32. The molecule has 0 bridgehead atoms. The highest BCUT2D eigenvalue weighted by molar-refractivity contribution is 7.20. The van der Waals surface area contributed by atoms with Gasteiger partial charge in [0.2, 0.25) is 0 Å². The van der Waals surface area contributed by atoms with Crippen molar-refractivity contribution in [3.8, 4) is 21.1 Å². The van der Waals surface area contributed by atoms with Crippen LogP contribution in [0, 0.1) is 0 Å². The zero-order valence-electron chi connectivity index (χ0n) is 14.1. The second-order valence-electron chi connectivity index (χ2n) is 5.53. The number of halogens is 1. The van der Waals surface area contributed by atoms with Gasteiger partial charge in [-0.05, 0) is 43.1 Å². The number of allylic oxidation sites excluding steroid dienone is 2. The number of fused-ring (bicyclic) bond motifs is 1. The summed E-state index contributed by atoms with van der Waals surface area (Å²) in [5.74, 6) is 0. The summed E-state index contributed by atoms with van der Waals surface area (Å²) in [7, 11) is 0. The molecule has 0 saturated heterocycles. The van der Waals surface area contributed by atoms with E-state index in [0.29, 0.717) is 5.15 Å². The van der Waals surface area contributed by atoms with E-state index >= 15 is 0 Å². The van der Waals surface area contributed by atoms with Gasteiger partial charge in [-0.3, -0.25) is 9.98 Å². The van der Waals surface area contributed by atoms with Crippen molar-refractivity contribution in [3.63, 3.8) is 0 Å². The molecule has 0 atom stereocenters. The van der Waals surface area contributed by atoms with Crippen molar-refractivity contribution in [1.82, 2.24) is 15.0 Å². The van der Waals surface area contributed by atoms with Gasteiger partial charge in [-0.25, -0.2) is 9.97 Å². The maximum atomic E-state index is 6.40. The molecule has 0 unspecified atom stereocenters. The van der Waals surface area contributed by atoms with Gasteiger partial charge in [-0.1, -0.05) is 24.3 Å². The van der Waals surface area contributed by atoms with Gasteiger partial charge in [-0.2, -0.15) is 0 Å². The summed E-state index contributed by atoms with van der Waals surface area (Å²) in [6.45, 7) is 7.34. The van der Waals surface area contributed by atoms with E-state index in [1.165, 1.54) is 11.3 Å². The molecule has 0 radical (unpaired) electrons. The van der Waals surface area contributed by atoms with Crippen molar-refractivity contribution in [2.45, 2.75) is 0 Å². The Kier molecular flexibility index (Phi) is 4.94. The zero-order chi connectivity index (χ0) is 18.8. The minimum Gasteiger partial charge on any atom is -0.264 e. The van der Waals surface area contributed by atoms with Gasteiger partial charge in [0.1, 0.15) is 15.0 Å².